The van der Waals surface area contributed by atoms with E-state index in [-0.39, 0.29) is 17.2 Å². The lowest BCUT2D eigenvalue weighted by atomic mass is 10.1. The van der Waals surface area contributed by atoms with Gasteiger partial charge in [-0.2, -0.15) is 5.10 Å². The van der Waals surface area contributed by atoms with Gasteiger partial charge in [0.15, 0.2) is 5.69 Å². The zero-order valence-corrected chi connectivity index (χ0v) is 16.1. The molecule has 6 heteroatoms. The summed E-state index contributed by atoms with van der Waals surface area (Å²) < 4.78 is 6.51. The largest absolute Gasteiger partial charge is 0.497 e. The number of fused-ring (bicyclic) bond motifs is 1. The van der Waals surface area contributed by atoms with Crippen LogP contribution in [0.25, 0.3) is 10.8 Å². The molecule has 1 aromatic heterocycles. The van der Waals surface area contributed by atoms with Crippen LogP contribution in [-0.4, -0.2) is 34.2 Å². The van der Waals surface area contributed by atoms with E-state index in [9.17, 15) is 9.59 Å². The monoisotopic (exact) mass is 377 g/mol. The van der Waals surface area contributed by atoms with Gasteiger partial charge in [0.2, 0.25) is 0 Å². The third kappa shape index (κ3) is 3.81. The van der Waals surface area contributed by atoms with Crippen LogP contribution in [0.5, 0.6) is 5.75 Å². The third-order valence-corrected chi connectivity index (χ3v) is 4.54. The van der Waals surface area contributed by atoms with Crippen molar-refractivity contribution in [1.29, 1.82) is 0 Å². The van der Waals surface area contributed by atoms with Crippen molar-refractivity contribution >= 4 is 16.7 Å². The number of aromatic nitrogens is 2. The summed E-state index contributed by atoms with van der Waals surface area (Å²) >= 11 is 0. The molecular weight excluding hydrogens is 354 g/mol. The molecule has 0 bridgehead atoms. The summed E-state index contributed by atoms with van der Waals surface area (Å²) in [7, 11) is 1.61. The second-order valence-electron chi connectivity index (χ2n) is 6.34. The van der Waals surface area contributed by atoms with Crippen LogP contribution in [0.1, 0.15) is 23.0 Å². The number of carbonyl (C=O) groups excluding carboxylic acids is 1. The fourth-order valence-electron chi connectivity index (χ4n) is 3.08. The number of nitrogens with zero attached hydrogens (tertiary/aromatic N) is 3. The topological polar surface area (TPSA) is 64.4 Å². The van der Waals surface area contributed by atoms with E-state index >= 15 is 0 Å². The molecule has 0 unspecified atom stereocenters. The van der Waals surface area contributed by atoms with E-state index in [4.69, 9.17) is 4.74 Å². The molecule has 0 saturated carbocycles. The number of ether oxygens (including phenoxy) is 1. The van der Waals surface area contributed by atoms with Gasteiger partial charge in [-0.3, -0.25) is 9.59 Å². The van der Waals surface area contributed by atoms with Gasteiger partial charge in [-0.1, -0.05) is 36.4 Å². The number of methoxy groups -OCH3 is 1. The number of amides is 1. The van der Waals surface area contributed by atoms with Crippen LogP contribution in [0.2, 0.25) is 0 Å². The van der Waals surface area contributed by atoms with Crippen LogP contribution >= 0.6 is 0 Å². The van der Waals surface area contributed by atoms with E-state index in [0.29, 0.717) is 30.4 Å². The van der Waals surface area contributed by atoms with Crippen LogP contribution in [0.15, 0.2) is 66.0 Å². The highest BCUT2D eigenvalue weighted by Crippen LogP contribution is 2.18. The van der Waals surface area contributed by atoms with E-state index in [2.05, 4.69) is 11.7 Å². The van der Waals surface area contributed by atoms with Crippen molar-refractivity contribution < 1.29 is 9.53 Å². The van der Waals surface area contributed by atoms with Crippen molar-refractivity contribution in [3.8, 4) is 5.75 Å². The van der Waals surface area contributed by atoms with Crippen LogP contribution < -0.4 is 10.3 Å². The molecule has 6 nitrogen and oxygen atoms in total. The number of hydrogen-bond donors (Lipinski definition) is 0. The summed E-state index contributed by atoms with van der Waals surface area (Å²) in [6.07, 6.45) is 1.68. The summed E-state index contributed by atoms with van der Waals surface area (Å²) in [6, 6.07) is 14.6. The Balaban J connectivity index is 2.02. The third-order valence-electron chi connectivity index (χ3n) is 4.54. The molecule has 3 aromatic rings. The molecule has 0 spiro atoms. The second-order valence-corrected chi connectivity index (χ2v) is 6.34. The lowest BCUT2D eigenvalue weighted by molar-refractivity contribution is 0.0756. The van der Waals surface area contributed by atoms with Crippen LogP contribution in [0.3, 0.4) is 0 Å². The quantitative estimate of drug-likeness (QED) is 0.593. The molecular formula is C22H23N3O3. The van der Waals surface area contributed by atoms with Crippen molar-refractivity contribution in [1.82, 2.24) is 14.7 Å². The van der Waals surface area contributed by atoms with Crippen LogP contribution in [0, 0.1) is 0 Å². The molecule has 1 heterocycles. The smallest absolute Gasteiger partial charge is 0.275 e. The van der Waals surface area contributed by atoms with Gasteiger partial charge in [0.05, 0.1) is 12.5 Å². The Morgan fingerprint density at radius 2 is 1.86 bits per heavy atom. The van der Waals surface area contributed by atoms with Gasteiger partial charge in [0.25, 0.3) is 11.5 Å². The normalized spacial score (nSPS) is 10.6. The summed E-state index contributed by atoms with van der Waals surface area (Å²) in [4.78, 5) is 27.5. The number of hydrogen-bond acceptors (Lipinski definition) is 4. The summed E-state index contributed by atoms with van der Waals surface area (Å²) in [5.41, 5.74) is 1.04. The fourth-order valence-corrected chi connectivity index (χ4v) is 3.08. The number of benzene rings is 2. The maximum atomic E-state index is 13.3. The van der Waals surface area contributed by atoms with E-state index in [0.717, 1.165) is 11.3 Å². The van der Waals surface area contributed by atoms with Gasteiger partial charge in [-0.05, 0) is 30.7 Å². The molecule has 0 atom stereocenters. The molecule has 0 radical (unpaired) electrons. The molecule has 0 aliphatic rings. The molecule has 0 fully saturated rings. The second kappa shape index (κ2) is 8.52. The first-order chi connectivity index (χ1) is 13.6. The Kier molecular flexibility index (Phi) is 5.89. The first kappa shape index (κ1) is 19.4. The predicted molar refractivity (Wildman–Crippen MR) is 110 cm³/mol. The Morgan fingerprint density at radius 3 is 2.46 bits per heavy atom. The molecule has 28 heavy (non-hydrogen) atoms. The van der Waals surface area contributed by atoms with Crippen LogP contribution in [0.4, 0.5) is 0 Å². The predicted octanol–water partition coefficient (Wildman–Crippen LogP) is 3.25. The van der Waals surface area contributed by atoms with Crippen molar-refractivity contribution in [2.75, 3.05) is 13.7 Å². The Bertz CT molecular complexity index is 1050. The van der Waals surface area contributed by atoms with Crippen molar-refractivity contribution in [2.45, 2.75) is 20.0 Å². The standard InChI is InChI=1S/C22H23N3O3/c1-4-14-24(15-16-10-12-17(28-3)13-11-16)22(27)20-18-8-6-7-9-19(18)21(26)25(5-2)23-20/h4,6-13H,1,5,14-15H2,2-3H3. The summed E-state index contributed by atoms with van der Waals surface area (Å²) in [5, 5.41) is 5.40. The van der Waals surface area contributed by atoms with Gasteiger partial charge < -0.3 is 9.64 Å². The van der Waals surface area contributed by atoms with Crippen molar-refractivity contribution in [3.63, 3.8) is 0 Å². The van der Waals surface area contributed by atoms with E-state index in [1.54, 1.807) is 42.4 Å². The Morgan fingerprint density at radius 1 is 1.18 bits per heavy atom. The van der Waals surface area contributed by atoms with Crippen LogP contribution in [-0.2, 0) is 13.1 Å². The molecule has 0 aliphatic heterocycles. The lowest BCUT2D eigenvalue weighted by Crippen LogP contribution is -2.34. The molecule has 2 aromatic carbocycles. The zero-order chi connectivity index (χ0) is 20.1. The average Bonchev–Trinajstić information content (AvgIpc) is 2.74. The van der Waals surface area contributed by atoms with Gasteiger partial charge in [-0.25, -0.2) is 4.68 Å². The minimum atomic E-state index is -0.242. The van der Waals surface area contributed by atoms with Gasteiger partial charge in [0.1, 0.15) is 5.75 Å². The molecule has 1 amide bonds. The molecule has 3 rings (SSSR count). The maximum Gasteiger partial charge on any atom is 0.275 e. The average molecular weight is 377 g/mol. The molecule has 0 N–H and O–H groups in total. The number of carbonyl (C=O) groups is 1. The maximum absolute atomic E-state index is 13.3. The van der Waals surface area contributed by atoms with Gasteiger partial charge >= 0.3 is 0 Å². The summed E-state index contributed by atoms with van der Waals surface area (Å²) in [6.45, 7) is 6.75. The van der Waals surface area contributed by atoms with E-state index in [1.165, 1.54) is 4.68 Å². The zero-order valence-electron chi connectivity index (χ0n) is 16.1. The Labute approximate surface area is 163 Å². The molecule has 144 valence electrons. The van der Waals surface area contributed by atoms with E-state index < -0.39 is 0 Å². The SMILES string of the molecule is C=CCN(Cc1ccc(OC)cc1)C(=O)c1nn(CC)c(=O)c2ccccc12. The number of rotatable bonds is 7. The Hall–Kier alpha value is -3.41. The van der Waals surface area contributed by atoms with Gasteiger partial charge in [-0.15, -0.1) is 6.58 Å². The first-order valence-electron chi connectivity index (χ1n) is 9.12. The minimum absolute atomic E-state index is 0.194. The highest BCUT2D eigenvalue weighted by Gasteiger charge is 2.21. The highest BCUT2D eigenvalue weighted by atomic mass is 16.5. The first-order valence-corrected chi connectivity index (χ1v) is 9.12. The molecule has 0 aliphatic carbocycles. The molecule has 0 saturated heterocycles. The fraction of sp³-hybridized carbons (Fsp3) is 0.227. The van der Waals surface area contributed by atoms with Gasteiger partial charge in [0, 0.05) is 25.0 Å². The summed E-state index contributed by atoms with van der Waals surface area (Å²) in [5.74, 6) is 0.516. The van der Waals surface area contributed by atoms with Crippen molar-refractivity contribution in [2.24, 2.45) is 0 Å². The van der Waals surface area contributed by atoms with Crippen molar-refractivity contribution in [3.05, 3.63) is 82.8 Å². The van der Waals surface area contributed by atoms with E-state index in [1.807, 2.05) is 31.2 Å². The minimum Gasteiger partial charge on any atom is -0.497 e. The lowest BCUT2D eigenvalue weighted by Gasteiger charge is -2.22. The number of aryl methyl sites for hydroxylation is 1. The highest BCUT2D eigenvalue weighted by molar-refractivity contribution is 6.04.